The van der Waals surface area contributed by atoms with E-state index in [9.17, 15) is 13.2 Å². The Balaban J connectivity index is 0.000000457. The lowest BCUT2D eigenvalue weighted by Crippen LogP contribution is -2.37. The standard InChI is InChI=1S/C15H17F3N4.C7H16.C2H6/c1-9-7-21(2)14-5-12(15(16,17)18)11(4-13(14)20-9)10-6-19-22(3)8-10;1-3-5-7-6-4-2;1-2/h4-6,8-9,20H,7H2,1-3H3;3-7H2,1-2H3;1-2H3/t9-;;/m0../s1. The van der Waals surface area contributed by atoms with Crippen molar-refractivity contribution in [1.82, 2.24) is 9.78 Å². The topological polar surface area (TPSA) is 33.1 Å². The Hall–Kier alpha value is -2.18. The first kappa shape index (κ1) is 26.9. The van der Waals surface area contributed by atoms with Crippen LogP contribution in [0, 0.1) is 0 Å². The second-order valence-corrected chi connectivity index (χ2v) is 7.80. The highest BCUT2D eigenvalue weighted by molar-refractivity contribution is 5.82. The van der Waals surface area contributed by atoms with Crippen LogP contribution < -0.4 is 10.2 Å². The molecule has 1 aliphatic rings. The predicted octanol–water partition coefficient (Wildman–Crippen LogP) is 7.36. The molecule has 0 spiro atoms. The molecule has 0 aliphatic carbocycles. The van der Waals surface area contributed by atoms with Crippen LogP contribution >= 0.6 is 0 Å². The molecule has 7 heteroatoms. The second kappa shape index (κ2) is 12.6. The van der Waals surface area contributed by atoms with E-state index in [1.807, 2.05) is 25.7 Å². The molecule has 1 aromatic heterocycles. The van der Waals surface area contributed by atoms with E-state index in [0.717, 1.165) is 0 Å². The second-order valence-electron chi connectivity index (χ2n) is 7.80. The fraction of sp³-hybridized carbons (Fsp3) is 0.625. The van der Waals surface area contributed by atoms with Crippen molar-refractivity contribution in [3.63, 3.8) is 0 Å². The Kier molecular flexibility index (Phi) is 10.9. The summed E-state index contributed by atoms with van der Waals surface area (Å²) in [5.41, 5.74) is 1.25. The van der Waals surface area contributed by atoms with Crippen LogP contribution in [-0.4, -0.2) is 29.4 Å². The minimum absolute atomic E-state index is 0.148. The van der Waals surface area contributed by atoms with Gasteiger partial charge >= 0.3 is 6.18 Å². The number of rotatable bonds is 5. The van der Waals surface area contributed by atoms with E-state index in [1.165, 1.54) is 49.0 Å². The van der Waals surface area contributed by atoms with Crippen molar-refractivity contribution in [2.24, 2.45) is 7.05 Å². The van der Waals surface area contributed by atoms with Crippen molar-refractivity contribution in [2.75, 3.05) is 23.8 Å². The van der Waals surface area contributed by atoms with E-state index in [1.54, 1.807) is 26.4 Å². The van der Waals surface area contributed by atoms with Gasteiger partial charge in [0.15, 0.2) is 0 Å². The molecule has 0 fully saturated rings. The molecule has 0 amide bonds. The van der Waals surface area contributed by atoms with E-state index in [4.69, 9.17) is 0 Å². The number of hydrogen-bond donors (Lipinski definition) is 1. The first-order chi connectivity index (χ1) is 14.7. The average molecular weight is 441 g/mol. The van der Waals surface area contributed by atoms with Crippen LogP contribution in [0.2, 0.25) is 0 Å². The van der Waals surface area contributed by atoms with E-state index < -0.39 is 11.7 Å². The third-order valence-corrected chi connectivity index (χ3v) is 5.03. The van der Waals surface area contributed by atoms with Crippen LogP contribution in [0.25, 0.3) is 11.1 Å². The number of fused-ring (bicyclic) bond motifs is 1. The van der Waals surface area contributed by atoms with Crippen LogP contribution in [0.1, 0.15) is 72.3 Å². The molecule has 2 heterocycles. The summed E-state index contributed by atoms with van der Waals surface area (Å²) in [6.07, 6.45) is 5.64. The fourth-order valence-corrected chi connectivity index (χ4v) is 3.55. The van der Waals surface area contributed by atoms with E-state index in [0.29, 0.717) is 23.5 Å². The smallest absolute Gasteiger partial charge is 0.379 e. The number of anilines is 2. The number of unbranched alkanes of at least 4 members (excludes halogenated alkanes) is 4. The maximum Gasteiger partial charge on any atom is 0.417 e. The van der Waals surface area contributed by atoms with Crippen molar-refractivity contribution in [1.29, 1.82) is 0 Å². The molecule has 2 aromatic rings. The van der Waals surface area contributed by atoms with Gasteiger partial charge in [-0.1, -0.05) is 59.8 Å². The van der Waals surface area contributed by atoms with Crippen molar-refractivity contribution in [2.45, 2.75) is 78.9 Å². The van der Waals surface area contributed by atoms with Gasteiger partial charge in [0.1, 0.15) is 0 Å². The summed E-state index contributed by atoms with van der Waals surface area (Å²) in [5.74, 6) is 0. The molecule has 3 rings (SSSR count). The molecule has 0 saturated heterocycles. The van der Waals surface area contributed by atoms with Gasteiger partial charge in [0, 0.05) is 38.4 Å². The molecule has 1 N–H and O–H groups in total. The van der Waals surface area contributed by atoms with Gasteiger partial charge in [-0.15, -0.1) is 0 Å². The molecule has 1 atom stereocenters. The van der Waals surface area contributed by atoms with Crippen molar-refractivity contribution in [3.05, 3.63) is 30.1 Å². The van der Waals surface area contributed by atoms with Gasteiger partial charge in [-0.05, 0) is 24.6 Å². The molecule has 0 unspecified atom stereocenters. The molecule has 0 bridgehead atoms. The number of benzene rings is 1. The molecule has 176 valence electrons. The number of hydrogen-bond acceptors (Lipinski definition) is 3. The highest BCUT2D eigenvalue weighted by atomic mass is 19.4. The van der Waals surface area contributed by atoms with Crippen LogP contribution in [0.5, 0.6) is 0 Å². The van der Waals surface area contributed by atoms with E-state index >= 15 is 0 Å². The van der Waals surface area contributed by atoms with E-state index in [-0.39, 0.29) is 11.6 Å². The van der Waals surface area contributed by atoms with Crippen LogP contribution in [0.3, 0.4) is 0 Å². The lowest BCUT2D eigenvalue weighted by Gasteiger charge is -2.34. The van der Waals surface area contributed by atoms with Crippen molar-refractivity contribution < 1.29 is 13.2 Å². The number of halogens is 3. The summed E-state index contributed by atoms with van der Waals surface area (Å²) in [4.78, 5) is 1.85. The van der Waals surface area contributed by atoms with Gasteiger partial charge in [-0.25, -0.2) is 0 Å². The van der Waals surface area contributed by atoms with Crippen molar-refractivity contribution in [3.8, 4) is 11.1 Å². The van der Waals surface area contributed by atoms with Gasteiger partial charge in [-0.2, -0.15) is 18.3 Å². The Labute approximate surface area is 185 Å². The molecule has 1 aromatic carbocycles. The molecule has 0 saturated carbocycles. The first-order valence-electron chi connectivity index (χ1n) is 11.4. The zero-order chi connectivity index (χ0) is 23.6. The molecular formula is C24H39F3N4. The summed E-state index contributed by atoms with van der Waals surface area (Å²) < 4.78 is 41.8. The third-order valence-electron chi connectivity index (χ3n) is 5.03. The van der Waals surface area contributed by atoms with Crippen LogP contribution in [-0.2, 0) is 13.2 Å². The maximum atomic E-state index is 13.4. The lowest BCUT2D eigenvalue weighted by molar-refractivity contribution is -0.137. The molecular weight excluding hydrogens is 401 g/mol. The monoisotopic (exact) mass is 440 g/mol. The fourth-order valence-electron chi connectivity index (χ4n) is 3.55. The minimum atomic E-state index is -4.41. The third kappa shape index (κ3) is 7.78. The lowest BCUT2D eigenvalue weighted by atomic mass is 9.98. The number of aryl methyl sites for hydroxylation is 1. The Morgan fingerprint density at radius 2 is 1.68 bits per heavy atom. The summed E-state index contributed by atoms with van der Waals surface area (Å²) >= 11 is 0. The Morgan fingerprint density at radius 3 is 2.16 bits per heavy atom. The van der Waals surface area contributed by atoms with Gasteiger partial charge in [0.2, 0.25) is 0 Å². The first-order valence-corrected chi connectivity index (χ1v) is 11.4. The van der Waals surface area contributed by atoms with Gasteiger partial charge in [0.05, 0.1) is 23.1 Å². The molecule has 31 heavy (non-hydrogen) atoms. The highest BCUT2D eigenvalue weighted by Gasteiger charge is 2.36. The molecule has 1 aliphatic heterocycles. The zero-order valence-corrected chi connectivity index (χ0v) is 20.1. The number of alkyl halides is 3. The average Bonchev–Trinajstić information content (AvgIpc) is 3.15. The van der Waals surface area contributed by atoms with Gasteiger partial charge in [-0.3, -0.25) is 4.68 Å². The zero-order valence-electron chi connectivity index (χ0n) is 20.1. The molecule has 0 radical (unpaired) electrons. The largest absolute Gasteiger partial charge is 0.417 e. The minimum Gasteiger partial charge on any atom is -0.379 e. The van der Waals surface area contributed by atoms with Crippen LogP contribution in [0.4, 0.5) is 24.5 Å². The highest BCUT2D eigenvalue weighted by Crippen LogP contribution is 2.43. The Morgan fingerprint density at radius 1 is 1.06 bits per heavy atom. The number of nitrogens with one attached hydrogen (secondary N) is 1. The predicted molar refractivity (Wildman–Crippen MR) is 126 cm³/mol. The number of nitrogens with zero attached hydrogens (tertiary/aromatic N) is 3. The summed E-state index contributed by atoms with van der Waals surface area (Å²) in [5, 5.41) is 7.23. The summed E-state index contributed by atoms with van der Waals surface area (Å²) in [6, 6.07) is 2.97. The summed E-state index contributed by atoms with van der Waals surface area (Å²) in [6.45, 7) is 11.2. The SMILES string of the molecule is CC.CCCCCCC.C[C@H]1CN(C)c2cc(C(F)(F)F)c(-c3cnn(C)c3)cc2N1. The van der Waals surface area contributed by atoms with E-state index in [2.05, 4.69) is 24.3 Å². The van der Waals surface area contributed by atoms with Crippen molar-refractivity contribution >= 4 is 11.4 Å². The maximum absolute atomic E-state index is 13.4. The van der Waals surface area contributed by atoms with Crippen LogP contribution in [0.15, 0.2) is 24.5 Å². The van der Waals surface area contributed by atoms with Gasteiger partial charge in [0.25, 0.3) is 0 Å². The normalized spacial score (nSPS) is 15.2. The Bertz CT molecular complexity index is 780. The van der Waals surface area contributed by atoms with Gasteiger partial charge < -0.3 is 10.2 Å². The molecule has 4 nitrogen and oxygen atoms in total. The number of likely N-dealkylation sites (N-methyl/N-ethyl adjacent to an activating group) is 1. The summed E-state index contributed by atoms with van der Waals surface area (Å²) in [7, 11) is 3.49. The quantitative estimate of drug-likeness (QED) is 0.493. The number of aromatic nitrogens is 2.